The Morgan fingerprint density at radius 3 is 1.94 bits per heavy atom. The molecule has 1 amide bonds. The minimum atomic E-state index is -2.28. The quantitative estimate of drug-likeness (QED) is 0.160. The minimum Gasteiger partial charge on any atom is -0.542 e. The van der Waals surface area contributed by atoms with E-state index in [0.717, 1.165) is 34.1 Å². The first kappa shape index (κ1) is 34.8. The van der Waals surface area contributed by atoms with Gasteiger partial charge in [-0.3, -0.25) is 4.90 Å². The van der Waals surface area contributed by atoms with Crippen molar-refractivity contribution >= 4 is 14.4 Å². The number of amides is 1. The normalized spacial score (nSPS) is 19.8. The molecule has 0 saturated carbocycles. The van der Waals surface area contributed by atoms with E-state index < -0.39 is 38.2 Å². The first-order valence-corrected chi connectivity index (χ1v) is 19.7. The van der Waals surface area contributed by atoms with Crippen LogP contribution < -0.4 is 9.74 Å². The predicted molar refractivity (Wildman–Crippen MR) is 193 cm³/mol. The lowest BCUT2D eigenvalue weighted by Crippen LogP contribution is -2.54. The molecule has 0 aromatic heterocycles. The number of ether oxygens (including phenoxy) is 1. The Labute approximate surface area is 290 Å². The zero-order chi connectivity index (χ0) is 34.9. The van der Waals surface area contributed by atoms with Gasteiger partial charge in [-0.1, -0.05) is 114 Å². The Kier molecular flexibility index (Phi) is 10.3. The summed E-state index contributed by atoms with van der Waals surface area (Å²) in [5.74, 6) is -0.346. The second-order valence-corrected chi connectivity index (χ2v) is 20.0. The van der Waals surface area contributed by atoms with Crippen molar-refractivity contribution in [1.82, 2.24) is 10.2 Å². The highest BCUT2D eigenvalue weighted by Crippen LogP contribution is 2.46. The molecule has 1 unspecified atom stereocenters. The van der Waals surface area contributed by atoms with Gasteiger partial charge in [-0.25, -0.2) is 13.6 Å². The number of carbonyl (C=O) groups is 1. The third kappa shape index (κ3) is 7.04. The Bertz CT molecular complexity index is 1670. The van der Waals surface area contributed by atoms with Crippen LogP contribution in [0.25, 0.3) is 0 Å². The van der Waals surface area contributed by atoms with Crippen molar-refractivity contribution in [3.63, 3.8) is 0 Å². The fourth-order valence-electron chi connectivity index (χ4n) is 8.67. The molecule has 0 radical (unpaired) electrons. The van der Waals surface area contributed by atoms with Crippen molar-refractivity contribution in [3.8, 4) is 5.75 Å². The van der Waals surface area contributed by atoms with Crippen LogP contribution in [0.1, 0.15) is 75.4 Å². The van der Waals surface area contributed by atoms with Crippen LogP contribution in [0.4, 0.5) is 13.6 Å². The van der Waals surface area contributed by atoms with Crippen LogP contribution >= 0.6 is 0 Å². The molecule has 5 nitrogen and oxygen atoms in total. The van der Waals surface area contributed by atoms with Crippen molar-refractivity contribution in [2.24, 2.45) is 0 Å². The molecule has 6 rings (SSSR count). The molecule has 1 saturated heterocycles. The van der Waals surface area contributed by atoms with Crippen LogP contribution in [-0.4, -0.2) is 37.5 Å². The number of carbonyl (C=O) groups excluding carboxylic acids is 1. The highest BCUT2D eigenvalue weighted by Gasteiger charge is 2.49. The summed E-state index contributed by atoms with van der Waals surface area (Å²) in [7, 11) is -2.28. The van der Waals surface area contributed by atoms with Gasteiger partial charge in [0.15, 0.2) is 0 Å². The Morgan fingerprint density at radius 2 is 1.39 bits per heavy atom. The van der Waals surface area contributed by atoms with Gasteiger partial charge in [0.05, 0.1) is 18.1 Å². The van der Waals surface area contributed by atoms with Gasteiger partial charge in [0, 0.05) is 18.2 Å². The van der Waals surface area contributed by atoms with Gasteiger partial charge < -0.3 is 14.5 Å². The van der Waals surface area contributed by atoms with E-state index in [1.807, 2.05) is 12.1 Å². The summed E-state index contributed by atoms with van der Waals surface area (Å²) in [5.41, 5.74) is 6.27. The van der Waals surface area contributed by atoms with Gasteiger partial charge in [0.25, 0.3) is 8.32 Å². The summed E-state index contributed by atoms with van der Waals surface area (Å²) in [6.45, 7) is 14.4. The van der Waals surface area contributed by atoms with E-state index in [0.29, 0.717) is 35.2 Å². The Balaban J connectivity index is 1.48. The largest absolute Gasteiger partial charge is 0.542 e. The van der Waals surface area contributed by atoms with Crippen molar-refractivity contribution in [3.05, 3.63) is 137 Å². The molecule has 1 N–H and O–H groups in total. The number of benzene rings is 4. The topological polar surface area (TPSA) is 50.8 Å². The van der Waals surface area contributed by atoms with Crippen molar-refractivity contribution in [2.45, 2.75) is 102 Å². The molecule has 8 heteroatoms. The number of alkyl carbamates (subject to hydrolysis) is 1. The van der Waals surface area contributed by atoms with Crippen LogP contribution in [0.3, 0.4) is 0 Å². The molecule has 2 aliphatic rings. The zero-order valence-electron chi connectivity index (χ0n) is 29.3. The number of cyclic esters (lactones) is 1. The van der Waals surface area contributed by atoms with E-state index in [1.54, 1.807) is 0 Å². The van der Waals surface area contributed by atoms with Crippen molar-refractivity contribution in [1.29, 1.82) is 0 Å². The summed E-state index contributed by atoms with van der Waals surface area (Å²) >= 11 is 0. The molecule has 0 spiro atoms. The smallest absolute Gasteiger partial charge is 0.407 e. The van der Waals surface area contributed by atoms with Crippen molar-refractivity contribution in [2.75, 3.05) is 0 Å². The number of halogens is 2. The average Bonchev–Trinajstić information content (AvgIpc) is 3.42. The maximum absolute atomic E-state index is 14.3. The maximum Gasteiger partial charge on any atom is 0.407 e. The molecule has 4 aromatic rings. The standard InChI is InChI=1S/C41H48F2N2O3Si/c1-26(2)49(27(3)4,28(5)6)48-38-19-13-18-32-23-37(40-36(44-41(46)47-40)22-29-20-33(42)24-34(43)21-29)45(25-35(32)38)39(30-14-9-7-10-15-30)31-16-11-8-12-17-31/h7-21,24,26-28,36-37,39-40H,22-23,25H2,1-6H3,(H,44,46)/t36-,37?,40-/m0/s1. The fraction of sp³-hybridized carbons (Fsp3) is 0.390. The van der Waals surface area contributed by atoms with Gasteiger partial charge in [0.2, 0.25) is 0 Å². The van der Waals surface area contributed by atoms with E-state index in [2.05, 4.69) is 118 Å². The summed E-state index contributed by atoms with van der Waals surface area (Å²) in [4.78, 5) is 15.4. The van der Waals surface area contributed by atoms with Crippen LogP contribution in [-0.2, 0) is 24.1 Å². The number of nitrogens with zero attached hydrogens (tertiary/aromatic N) is 1. The van der Waals surface area contributed by atoms with Gasteiger partial charge >= 0.3 is 6.09 Å². The van der Waals surface area contributed by atoms with Crippen LogP contribution in [0.5, 0.6) is 5.75 Å². The molecule has 2 heterocycles. The van der Waals surface area contributed by atoms with Crippen LogP contribution in [0.2, 0.25) is 16.6 Å². The second-order valence-electron chi connectivity index (χ2n) is 14.6. The summed E-state index contributed by atoms with van der Waals surface area (Å²) in [6, 6.07) is 29.8. The van der Waals surface area contributed by atoms with E-state index >= 15 is 0 Å². The highest BCUT2D eigenvalue weighted by atomic mass is 28.4. The average molecular weight is 683 g/mol. The summed E-state index contributed by atoms with van der Waals surface area (Å²) in [5, 5.41) is 2.98. The maximum atomic E-state index is 14.3. The van der Waals surface area contributed by atoms with E-state index in [4.69, 9.17) is 9.16 Å². The van der Waals surface area contributed by atoms with Gasteiger partial charge in [-0.05, 0) is 69.9 Å². The zero-order valence-corrected chi connectivity index (χ0v) is 30.3. The second kappa shape index (κ2) is 14.5. The summed E-state index contributed by atoms with van der Waals surface area (Å²) in [6.07, 6.45) is -0.261. The minimum absolute atomic E-state index is 0.164. The molecule has 1 fully saturated rings. The van der Waals surface area contributed by atoms with Crippen LogP contribution in [0, 0.1) is 11.6 Å². The number of hydrogen-bond donors (Lipinski definition) is 1. The number of fused-ring (bicyclic) bond motifs is 1. The summed E-state index contributed by atoms with van der Waals surface area (Å²) < 4.78 is 42.0. The number of hydrogen-bond acceptors (Lipinski definition) is 4. The van der Waals surface area contributed by atoms with Gasteiger partial charge in [-0.15, -0.1) is 0 Å². The van der Waals surface area contributed by atoms with E-state index in [-0.39, 0.29) is 18.5 Å². The lowest BCUT2D eigenvalue weighted by atomic mass is 9.83. The first-order valence-electron chi connectivity index (χ1n) is 17.6. The molecule has 49 heavy (non-hydrogen) atoms. The molecule has 3 atom stereocenters. The first-order chi connectivity index (χ1) is 23.5. The third-order valence-corrected chi connectivity index (χ3v) is 16.7. The monoisotopic (exact) mass is 682 g/mol. The SMILES string of the molecule is CC(C)[Si](Oc1cccc2c1CN(C(c1ccccc1)c1ccccc1)C([C@H]1OC(=O)N[C@H]1Cc1cc(F)cc(F)c1)C2)(C(C)C)C(C)C. The molecular formula is C41H48F2N2O3Si. The van der Waals surface area contributed by atoms with E-state index in [1.165, 1.54) is 12.1 Å². The van der Waals surface area contributed by atoms with Crippen molar-refractivity contribution < 1.29 is 22.7 Å². The molecule has 4 aromatic carbocycles. The highest BCUT2D eigenvalue weighted by molar-refractivity contribution is 6.78. The number of rotatable bonds is 11. The van der Waals surface area contributed by atoms with E-state index in [9.17, 15) is 13.6 Å². The fourth-order valence-corrected chi connectivity index (χ4v) is 13.9. The van der Waals surface area contributed by atoms with Crippen LogP contribution in [0.15, 0.2) is 97.1 Å². The predicted octanol–water partition coefficient (Wildman–Crippen LogP) is 9.76. The van der Waals surface area contributed by atoms with Gasteiger partial charge in [0.1, 0.15) is 23.5 Å². The molecule has 2 aliphatic heterocycles. The third-order valence-electron chi connectivity index (χ3n) is 10.7. The molecule has 0 aliphatic carbocycles. The molecule has 0 bridgehead atoms. The Morgan fingerprint density at radius 1 is 0.816 bits per heavy atom. The van der Waals surface area contributed by atoms with Gasteiger partial charge in [-0.2, -0.15) is 0 Å². The Hall–Kier alpha value is -4.01. The molecule has 258 valence electrons. The number of nitrogens with one attached hydrogen (secondary N) is 1. The lowest BCUT2D eigenvalue weighted by Gasteiger charge is -2.47. The lowest BCUT2D eigenvalue weighted by molar-refractivity contribution is 0.0185. The molecular weight excluding hydrogens is 635 g/mol.